The van der Waals surface area contributed by atoms with E-state index in [0.29, 0.717) is 17.8 Å². The van der Waals surface area contributed by atoms with Gasteiger partial charge in [0.25, 0.3) is 0 Å². The maximum absolute atomic E-state index is 12.5. The van der Waals surface area contributed by atoms with Gasteiger partial charge in [-0.25, -0.2) is 4.39 Å². The highest BCUT2D eigenvalue weighted by molar-refractivity contribution is 6.34. The highest BCUT2D eigenvalue weighted by atomic mass is 19.1. The zero-order valence-electron chi connectivity index (χ0n) is 6.30. The van der Waals surface area contributed by atoms with E-state index in [1.165, 1.54) is 18.2 Å². The summed E-state index contributed by atoms with van der Waals surface area (Å²) in [4.78, 5) is 0. The van der Waals surface area contributed by atoms with Gasteiger partial charge in [0.05, 0.1) is 6.61 Å². The fourth-order valence-corrected chi connectivity index (χ4v) is 0.806. The number of benzene rings is 1. The molecule has 0 spiro atoms. The fourth-order valence-electron chi connectivity index (χ4n) is 0.806. The molecular formula is C8H8BFO. The van der Waals surface area contributed by atoms with Gasteiger partial charge in [-0.15, -0.1) is 0 Å². The number of hydrogen-bond acceptors (Lipinski definition) is 1. The Morgan fingerprint density at radius 1 is 1.55 bits per heavy atom. The van der Waals surface area contributed by atoms with Gasteiger partial charge in [0.2, 0.25) is 0 Å². The van der Waals surface area contributed by atoms with Crippen LogP contribution in [-0.4, -0.2) is 14.5 Å². The summed E-state index contributed by atoms with van der Waals surface area (Å²) in [6.07, 6.45) is 0. The van der Waals surface area contributed by atoms with Crippen LogP contribution in [0.3, 0.4) is 0 Å². The number of ether oxygens (including phenoxy) is 1. The third-order valence-corrected chi connectivity index (χ3v) is 1.27. The van der Waals surface area contributed by atoms with Gasteiger partial charge < -0.3 is 4.74 Å². The molecule has 0 unspecified atom stereocenters. The monoisotopic (exact) mass is 150 g/mol. The molecule has 0 bridgehead atoms. The molecule has 1 aromatic rings. The quantitative estimate of drug-likeness (QED) is 0.571. The zero-order valence-corrected chi connectivity index (χ0v) is 6.30. The Morgan fingerprint density at radius 3 is 2.82 bits per heavy atom. The molecule has 0 aromatic heterocycles. The summed E-state index contributed by atoms with van der Waals surface area (Å²) in [6, 6.07) is 4.08. The molecule has 0 heterocycles. The summed E-state index contributed by atoms with van der Waals surface area (Å²) in [5.41, 5.74) is 0.340. The predicted octanol–water partition coefficient (Wildman–Crippen LogP) is 1.02. The second-order valence-corrected chi connectivity index (χ2v) is 2.12. The Labute approximate surface area is 66.6 Å². The van der Waals surface area contributed by atoms with Gasteiger partial charge in [-0.1, -0.05) is 5.46 Å². The van der Waals surface area contributed by atoms with Crippen LogP contribution in [0.5, 0.6) is 5.75 Å². The average molecular weight is 150 g/mol. The molecule has 0 fully saturated rings. The molecule has 11 heavy (non-hydrogen) atoms. The van der Waals surface area contributed by atoms with E-state index < -0.39 is 0 Å². The molecule has 0 aliphatic heterocycles. The Balaban J connectivity index is 2.90. The summed E-state index contributed by atoms with van der Waals surface area (Å²) >= 11 is 0. The first kappa shape index (κ1) is 8.11. The van der Waals surface area contributed by atoms with E-state index in [1.54, 1.807) is 0 Å². The van der Waals surface area contributed by atoms with Crippen molar-refractivity contribution in [1.29, 1.82) is 0 Å². The van der Waals surface area contributed by atoms with E-state index in [9.17, 15) is 4.39 Å². The fraction of sp³-hybridized carbons (Fsp3) is 0.250. The second-order valence-electron chi connectivity index (χ2n) is 2.12. The Morgan fingerprint density at radius 2 is 2.27 bits per heavy atom. The lowest BCUT2D eigenvalue weighted by atomic mass is 9.95. The van der Waals surface area contributed by atoms with Crippen LogP contribution in [0.25, 0.3) is 0 Å². The van der Waals surface area contributed by atoms with Crippen molar-refractivity contribution in [2.45, 2.75) is 6.92 Å². The first-order valence-corrected chi connectivity index (χ1v) is 3.42. The average Bonchev–Trinajstić information content (AvgIpc) is 1.95. The van der Waals surface area contributed by atoms with E-state index >= 15 is 0 Å². The third-order valence-electron chi connectivity index (χ3n) is 1.27. The summed E-state index contributed by atoms with van der Waals surface area (Å²) in [6.45, 7) is 2.39. The topological polar surface area (TPSA) is 9.23 Å². The lowest BCUT2D eigenvalue weighted by molar-refractivity contribution is 0.342. The summed E-state index contributed by atoms with van der Waals surface area (Å²) < 4.78 is 17.6. The van der Waals surface area contributed by atoms with Crippen molar-refractivity contribution in [3.63, 3.8) is 0 Å². The van der Waals surface area contributed by atoms with Crippen molar-refractivity contribution >= 4 is 13.3 Å². The summed E-state index contributed by atoms with van der Waals surface area (Å²) in [5, 5.41) is 0. The number of hydrogen-bond donors (Lipinski definition) is 0. The summed E-state index contributed by atoms with van der Waals surface area (Å²) in [5.74, 6) is 0.194. The maximum atomic E-state index is 12.5. The lowest BCUT2D eigenvalue weighted by Gasteiger charge is -2.05. The highest BCUT2D eigenvalue weighted by Crippen LogP contribution is 2.06. The minimum atomic E-state index is -0.342. The van der Waals surface area contributed by atoms with Crippen LogP contribution >= 0.6 is 0 Å². The molecule has 1 nitrogen and oxygen atoms in total. The smallest absolute Gasteiger partial charge is 0.122 e. The SMILES string of the molecule is [B]c1cc(F)ccc1OCC. The lowest BCUT2D eigenvalue weighted by Crippen LogP contribution is -2.09. The second kappa shape index (κ2) is 3.42. The van der Waals surface area contributed by atoms with Gasteiger partial charge in [-0.2, -0.15) is 0 Å². The molecular weight excluding hydrogens is 142 g/mol. The van der Waals surface area contributed by atoms with Gasteiger partial charge in [0, 0.05) is 0 Å². The third kappa shape index (κ3) is 1.97. The van der Waals surface area contributed by atoms with Crippen LogP contribution in [-0.2, 0) is 0 Å². The van der Waals surface area contributed by atoms with E-state index in [0.717, 1.165) is 0 Å². The normalized spacial score (nSPS) is 9.64. The van der Waals surface area contributed by atoms with Crippen LogP contribution in [0.15, 0.2) is 18.2 Å². The molecule has 0 amide bonds. The minimum absolute atomic E-state index is 0.340. The molecule has 0 N–H and O–H groups in total. The van der Waals surface area contributed by atoms with E-state index in [4.69, 9.17) is 12.6 Å². The molecule has 0 saturated carbocycles. The molecule has 0 aliphatic carbocycles. The molecule has 0 atom stereocenters. The maximum Gasteiger partial charge on any atom is 0.122 e. The van der Waals surface area contributed by atoms with Crippen LogP contribution in [0.2, 0.25) is 0 Å². The van der Waals surface area contributed by atoms with Crippen LogP contribution in [0.4, 0.5) is 4.39 Å². The van der Waals surface area contributed by atoms with Gasteiger partial charge in [-0.05, 0) is 25.1 Å². The van der Waals surface area contributed by atoms with Crippen molar-refractivity contribution in [2.24, 2.45) is 0 Å². The molecule has 56 valence electrons. The van der Waals surface area contributed by atoms with Gasteiger partial charge in [0.15, 0.2) is 0 Å². The van der Waals surface area contributed by atoms with E-state index in [2.05, 4.69) is 0 Å². The summed E-state index contributed by atoms with van der Waals surface area (Å²) in [7, 11) is 5.44. The van der Waals surface area contributed by atoms with Crippen molar-refractivity contribution in [1.82, 2.24) is 0 Å². The first-order valence-electron chi connectivity index (χ1n) is 3.42. The van der Waals surface area contributed by atoms with Crippen molar-refractivity contribution in [3.8, 4) is 5.75 Å². The molecule has 2 radical (unpaired) electrons. The Bertz CT molecular complexity index is 250. The van der Waals surface area contributed by atoms with Crippen LogP contribution in [0, 0.1) is 5.82 Å². The molecule has 0 saturated heterocycles. The number of rotatable bonds is 2. The largest absolute Gasteiger partial charge is 0.495 e. The van der Waals surface area contributed by atoms with E-state index in [-0.39, 0.29) is 5.82 Å². The van der Waals surface area contributed by atoms with Crippen molar-refractivity contribution in [2.75, 3.05) is 6.61 Å². The molecule has 1 rings (SSSR count). The van der Waals surface area contributed by atoms with Gasteiger partial charge in [0.1, 0.15) is 19.4 Å². The number of halogens is 1. The van der Waals surface area contributed by atoms with Gasteiger partial charge >= 0.3 is 0 Å². The highest BCUT2D eigenvalue weighted by Gasteiger charge is 1.97. The van der Waals surface area contributed by atoms with Crippen LogP contribution < -0.4 is 10.2 Å². The molecule has 3 heteroatoms. The van der Waals surface area contributed by atoms with Gasteiger partial charge in [-0.3, -0.25) is 0 Å². The van der Waals surface area contributed by atoms with Crippen molar-refractivity contribution in [3.05, 3.63) is 24.0 Å². The van der Waals surface area contributed by atoms with Crippen LogP contribution in [0.1, 0.15) is 6.92 Å². The Kier molecular flexibility index (Phi) is 2.52. The molecule has 0 aliphatic rings. The van der Waals surface area contributed by atoms with Crippen molar-refractivity contribution < 1.29 is 9.13 Å². The van der Waals surface area contributed by atoms with E-state index in [1.807, 2.05) is 6.92 Å². The Hall–Kier alpha value is -0.985. The first-order chi connectivity index (χ1) is 5.24. The zero-order chi connectivity index (χ0) is 8.27. The predicted molar refractivity (Wildman–Crippen MR) is 43.0 cm³/mol. The molecule has 1 aromatic carbocycles. The minimum Gasteiger partial charge on any atom is -0.495 e. The standard InChI is InChI=1S/C8H8BFO/c1-2-11-8-4-3-6(10)5-7(8)9/h3-5H,2H2,1H3.